The van der Waals surface area contributed by atoms with Crippen LogP contribution in [0.3, 0.4) is 0 Å². The molecule has 0 bridgehead atoms. The molecule has 0 amide bonds. The van der Waals surface area contributed by atoms with Gasteiger partial charge in [-0.25, -0.2) is 4.98 Å². The number of anilines is 2. The largest absolute Gasteiger partial charge is 0.573 e. The number of aromatic nitrogens is 2. The standard InChI is InChI=1S/C20H22F3N5O2/c1-19(2)15(9-16(19)29)27-17-13(10-24)11-26-18(28-17)25-8-7-12-3-5-14(6-4-12)30-20(21,22)23/h3-6,11,15-16,29H,7-9H2,1-2H3,(H2,25,26,27,28)/t15-,16+/m1/s1. The molecule has 1 aromatic heterocycles. The molecule has 10 heteroatoms. The van der Waals surface area contributed by atoms with Gasteiger partial charge in [0.2, 0.25) is 5.95 Å². The summed E-state index contributed by atoms with van der Waals surface area (Å²) in [6, 6.07) is 7.67. The molecular formula is C20H22F3N5O2. The van der Waals surface area contributed by atoms with E-state index in [1.165, 1.54) is 18.3 Å². The van der Waals surface area contributed by atoms with Crippen molar-refractivity contribution in [3.8, 4) is 11.8 Å². The van der Waals surface area contributed by atoms with Gasteiger partial charge in [-0.15, -0.1) is 13.2 Å². The van der Waals surface area contributed by atoms with Crippen molar-refractivity contribution in [2.24, 2.45) is 5.41 Å². The third-order valence-electron chi connectivity index (χ3n) is 5.29. The van der Waals surface area contributed by atoms with E-state index in [1.807, 2.05) is 19.9 Å². The van der Waals surface area contributed by atoms with Gasteiger partial charge in [0.15, 0.2) is 0 Å². The number of hydrogen-bond acceptors (Lipinski definition) is 7. The maximum Gasteiger partial charge on any atom is 0.573 e. The highest BCUT2D eigenvalue weighted by atomic mass is 19.4. The van der Waals surface area contributed by atoms with Crippen LogP contribution in [0, 0.1) is 16.7 Å². The molecule has 7 nitrogen and oxygen atoms in total. The SMILES string of the molecule is CC1(C)[C@@H](O)C[C@H]1Nc1nc(NCCc2ccc(OC(F)(F)F)cc2)ncc1C#N. The second-order valence-electron chi connectivity index (χ2n) is 7.71. The number of benzene rings is 1. The van der Waals surface area contributed by atoms with Crippen molar-refractivity contribution in [3.05, 3.63) is 41.6 Å². The van der Waals surface area contributed by atoms with Gasteiger partial charge in [0.05, 0.1) is 12.3 Å². The van der Waals surface area contributed by atoms with Gasteiger partial charge in [-0.1, -0.05) is 26.0 Å². The van der Waals surface area contributed by atoms with Gasteiger partial charge in [0.1, 0.15) is 23.2 Å². The zero-order valence-corrected chi connectivity index (χ0v) is 16.5. The normalized spacial score (nSPS) is 20.0. The molecule has 1 fully saturated rings. The highest BCUT2D eigenvalue weighted by molar-refractivity contribution is 5.54. The van der Waals surface area contributed by atoms with Crippen LogP contribution in [0.5, 0.6) is 5.75 Å². The molecule has 160 valence electrons. The summed E-state index contributed by atoms with van der Waals surface area (Å²) in [5.41, 5.74) is 0.792. The highest BCUT2D eigenvalue weighted by Crippen LogP contribution is 2.42. The maximum absolute atomic E-state index is 12.2. The quantitative estimate of drug-likeness (QED) is 0.629. The minimum Gasteiger partial charge on any atom is -0.406 e. The minimum absolute atomic E-state index is 0.0141. The third-order valence-corrected chi connectivity index (χ3v) is 5.29. The Hall–Kier alpha value is -3.06. The molecule has 1 aromatic carbocycles. The van der Waals surface area contributed by atoms with Crippen LogP contribution in [0.25, 0.3) is 0 Å². The van der Waals surface area contributed by atoms with Crippen molar-refractivity contribution < 1.29 is 23.0 Å². The van der Waals surface area contributed by atoms with Crippen LogP contribution in [0.4, 0.5) is 24.9 Å². The molecule has 3 N–H and O–H groups in total. The van der Waals surface area contributed by atoms with E-state index in [9.17, 15) is 23.5 Å². The number of nitrogens with one attached hydrogen (secondary N) is 2. The van der Waals surface area contributed by atoms with Crippen LogP contribution >= 0.6 is 0 Å². The second kappa shape index (κ2) is 8.36. The van der Waals surface area contributed by atoms with E-state index in [0.717, 1.165) is 5.56 Å². The number of halogens is 3. The summed E-state index contributed by atoms with van der Waals surface area (Å²) in [7, 11) is 0. The maximum atomic E-state index is 12.2. The molecule has 0 saturated heterocycles. The first-order valence-electron chi connectivity index (χ1n) is 9.39. The van der Waals surface area contributed by atoms with E-state index in [1.54, 1.807) is 12.1 Å². The molecule has 3 rings (SSSR count). The van der Waals surface area contributed by atoms with Gasteiger partial charge in [-0.05, 0) is 30.5 Å². The molecule has 1 aliphatic rings. The van der Waals surface area contributed by atoms with Gasteiger partial charge in [-0.2, -0.15) is 10.2 Å². The Morgan fingerprint density at radius 1 is 1.30 bits per heavy atom. The molecule has 1 saturated carbocycles. The van der Waals surface area contributed by atoms with Gasteiger partial charge >= 0.3 is 6.36 Å². The summed E-state index contributed by atoms with van der Waals surface area (Å²) in [5.74, 6) is 0.453. The van der Waals surface area contributed by atoms with Crippen LogP contribution in [-0.2, 0) is 6.42 Å². The lowest BCUT2D eigenvalue weighted by atomic mass is 9.64. The number of aliphatic hydroxyl groups is 1. The van der Waals surface area contributed by atoms with Crippen molar-refractivity contribution in [2.45, 2.75) is 45.2 Å². The third kappa shape index (κ3) is 5.10. The van der Waals surface area contributed by atoms with E-state index >= 15 is 0 Å². The van der Waals surface area contributed by atoms with E-state index < -0.39 is 12.5 Å². The monoisotopic (exact) mass is 421 g/mol. The molecule has 0 radical (unpaired) electrons. The summed E-state index contributed by atoms with van der Waals surface area (Å²) in [6.07, 6.45) is -2.61. The summed E-state index contributed by atoms with van der Waals surface area (Å²) >= 11 is 0. The molecule has 1 aliphatic carbocycles. The number of ether oxygens (including phenoxy) is 1. The first-order chi connectivity index (χ1) is 14.1. The Bertz CT molecular complexity index is 926. The topological polar surface area (TPSA) is 103 Å². The number of rotatable bonds is 7. The van der Waals surface area contributed by atoms with Crippen LogP contribution < -0.4 is 15.4 Å². The summed E-state index contributed by atoms with van der Waals surface area (Å²) in [6.45, 7) is 4.32. The van der Waals surface area contributed by atoms with Crippen LogP contribution in [-0.4, -0.2) is 40.1 Å². The van der Waals surface area contributed by atoms with Crippen LogP contribution in [0.2, 0.25) is 0 Å². The van der Waals surface area contributed by atoms with Crippen molar-refractivity contribution in [1.29, 1.82) is 5.26 Å². The number of alkyl halides is 3. The van der Waals surface area contributed by atoms with Crippen molar-refractivity contribution in [2.75, 3.05) is 17.2 Å². The Kier molecular flexibility index (Phi) is 6.03. The van der Waals surface area contributed by atoms with E-state index in [-0.39, 0.29) is 17.2 Å². The first kappa shape index (κ1) is 21.6. The lowest BCUT2D eigenvalue weighted by Gasteiger charge is -2.49. The van der Waals surface area contributed by atoms with E-state index in [2.05, 4.69) is 25.3 Å². The average molecular weight is 421 g/mol. The number of nitriles is 1. The highest BCUT2D eigenvalue weighted by Gasteiger charge is 2.47. The molecule has 0 unspecified atom stereocenters. The lowest BCUT2D eigenvalue weighted by Crippen LogP contribution is -2.57. The molecule has 1 heterocycles. The van der Waals surface area contributed by atoms with E-state index in [0.29, 0.717) is 36.7 Å². The predicted octanol–water partition coefficient (Wildman–Crippen LogP) is 3.47. The van der Waals surface area contributed by atoms with E-state index in [4.69, 9.17) is 0 Å². The fourth-order valence-corrected chi connectivity index (χ4v) is 3.15. The molecular weight excluding hydrogens is 399 g/mol. The summed E-state index contributed by atoms with van der Waals surface area (Å²) in [4.78, 5) is 8.48. The van der Waals surface area contributed by atoms with Crippen molar-refractivity contribution in [1.82, 2.24) is 9.97 Å². The number of hydrogen-bond donors (Lipinski definition) is 3. The smallest absolute Gasteiger partial charge is 0.406 e. The molecule has 30 heavy (non-hydrogen) atoms. The molecule has 0 spiro atoms. The molecule has 2 atom stereocenters. The lowest BCUT2D eigenvalue weighted by molar-refractivity contribution is -0.274. The van der Waals surface area contributed by atoms with Crippen LogP contribution in [0.15, 0.2) is 30.5 Å². The van der Waals surface area contributed by atoms with Gasteiger partial charge in [0.25, 0.3) is 0 Å². The number of aliphatic hydroxyl groups excluding tert-OH is 1. The fraction of sp³-hybridized carbons (Fsp3) is 0.450. The summed E-state index contributed by atoms with van der Waals surface area (Å²) < 4.78 is 40.5. The van der Waals surface area contributed by atoms with Crippen LogP contribution in [0.1, 0.15) is 31.4 Å². The predicted molar refractivity (Wildman–Crippen MR) is 104 cm³/mol. The Labute approximate surface area is 171 Å². The Morgan fingerprint density at radius 3 is 2.57 bits per heavy atom. The molecule has 0 aliphatic heterocycles. The average Bonchev–Trinajstić information content (AvgIpc) is 2.68. The number of nitrogens with zero attached hydrogens (tertiary/aromatic N) is 3. The van der Waals surface area contributed by atoms with Crippen molar-refractivity contribution >= 4 is 11.8 Å². The van der Waals surface area contributed by atoms with Gasteiger partial charge in [0, 0.05) is 18.0 Å². The first-order valence-corrected chi connectivity index (χ1v) is 9.39. The molecule has 2 aromatic rings. The summed E-state index contributed by atoms with van der Waals surface area (Å²) in [5, 5.41) is 25.4. The van der Waals surface area contributed by atoms with Gasteiger partial charge < -0.3 is 20.5 Å². The van der Waals surface area contributed by atoms with Gasteiger partial charge in [-0.3, -0.25) is 0 Å². The Morgan fingerprint density at radius 2 is 2.00 bits per heavy atom. The second-order valence-corrected chi connectivity index (χ2v) is 7.71. The fourth-order valence-electron chi connectivity index (χ4n) is 3.15. The minimum atomic E-state index is -4.71. The Balaban J connectivity index is 1.57. The van der Waals surface area contributed by atoms with Crippen molar-refractivity contribution in [3.63, 3.8) is 0 Å². The zero-order valence-electron chi connectivity index (χ0n) is 16.5. The zero-order chi connectivity index (χ0) is 21.9.